The molecule has 0 radical (unpaired) electrons. The Morgan fingerprint density at radius 3 is 2.12 bits per heavy atom. The summed E-state index contributed by atoms with van der Waals surface area (Å²) in [6, 6.07) is 17.1. The van der Waals surface area contributed by atoms with E-state index in [1.54, 1.807) is 6.07 Å². The first-order valence-corrected chi connectivity index (χ1v) is 8.10. The van der Waals surface area contributed by atoms with Crippen LogP contribution in [0, 0.1) is 0 Å². The van der Waals surface area contributed by atoms with Crippen LogP contribution in [0.25, 0.3) is 0 Å². The molecule has 0 fully saturated rings. The van der Waals surface area contributed by atoms with Crippen LogP contribution in [0.5, 0.6) is 0 Å². The molecule has 0 amide bonds. The lowest BCUT2D eigenvalue weighted by atomic mass is 9.92. The van der Waals surface area contributed by atoms with E-state index in [0.29, 0.717) is 18.7 Å². The second-order valence-electron chi connectivity index (χ2n) is 5.84. The normalized spacial score (nSPS) is 14.2. The number of aromatic amines is 1. The Labute approximate surface area is 149 Å². The van der Waals surface area contributed by atoms with Crippen molar-refractivity contribution in [1.82, 2.24) is 15.2 Å². The van der Waals surface area contributed by atoms with Gasteiger partial charge in [-0.25, -0.2) is 4.98 Å². The maximum Gasteiger partial charge on any atom is 0.429 e. The van der Waals surface area contributed by atoms with E-state index in [-0.39, 0.29) is 5.56 Å². The Morgan fingerprint density at radius 1 is 0.923 bits per heavy atom. The van der Waals surface area contributed by atoms with Crippen molar-refractivity contribution in [3.05, 3.63) is 83.4 Å². The largest absolute Gasteiger partial charge is 0.429 e. The molecule has 0 spiro atoms. The average molecular weight is 361 g/mol. The zero-order valence-corrected chi connectivity index (χ0v) is 14.1. The van der Waals surface area contributed by atoms with Gasteiger partial charge in [-0.1, -0.05) is 60.7 Å². The van der Waals surface area contributed by atoms with Gasteiger partial charge in [-0.15, -0.1) is 0 Å². The third-order valence-electron chi connectivity index (χ3n) is 4.23. The lowest BCUT2D eigenvalue weighted by Gasteiger charge is -2.32. The van der Waals surface area contributed by atoms with E-state index in [1.807, 2.05) is 30.3 Å². The van der Waals surface area contributed by atoms with E-state index in [0.717, 1.165) is 12.7 Å². The Kier molecular flexibility index (Phi) is 5.08. The number of nitrogens with one attached hydrogen (secondary N) is 1. The van der Waals surface area contributed by atoms with Crippen molar-refractivity contribution in [2.24, 2.45) is 0 Å². The number of hydrogen-bond acceptors (Lipinski definition) is 3. The molecule has 0 aliphatic carbocycles. The average Bonchev–Trinajstić information content (AvgIpc) is 3.11. The second-order valence-corrected chi connectivity index (χ2v) is 5.84. The molecular weight excluding hydrogens is 343 g/mol. The zero-order chi connectivity index (χ0) is 18.6. The van der Waals surface area contributed by atoms with Crippen LogP contribution in [0.15, 0.2) is 60.7 Å². The first kappa shape index (κ1) is 18.1. The van der Waals surface area contributed by atoms with Crippen molar-refractivity contribution in [1.29, 1.82) is 0 Å². The number of aromatic nitrogens is 3. The summed E-state index contributed by atoms with van der Waals surface area (Å²) in [6.07, 6.45) is -3.63. The third-order valence-corrected chi connectivity index (χ3v) is 4.23. The first-order chi connectivity index (χ1) is 12.5. The number of methoxy groups -OCH3 is 1. The SMILES string of the molecule is COC(c1ccccc1)(c1n[nH]c(CCc2ccccc2)n1)C(F)(F)F. The van der Waals surface area contributed by atoms with Crippen molar-refractivity contribution in [3.63, 3.8) is 0 Å². The van der Waals surface area contributed by atoms with Gasteiger partial charge in [0.15, 0.2) is 5.82 Å². The number of H-pyrrole nitrogens is 1. The van der Waals surface area contributed by atoms with E-state index < -0.39 is 17.6 Å². The molecule has 1 heterocycles. The number of ether oxygens (including phenoxy) is 1. The molecule has 0 saturated heterocycles. The van der Waals surface area contributed by atoms with E-state index in [4.69, 9.17) is 4.74 Å². The van der Waals surface area contributed by atoms with E-state index in [2.05, 4.69) is 15.2 Å². The Morgan fingerprint density at radius 2 is 1.54 bits per heavy atom. The third kappa shape index (κ3) is 3.35. The smallest absolute Gasteiger partial charge is 0.358 e. The molecule has 136 valence electrons. The lowest BCUT2D eigenvalue weighted by molar-refractivity contribution is -0.261. The molecule has 0 aliphatic rings. The second kappa shape index (κ2) is 7.29. The fourth-order valence-corrected chi connectivity index (χ4v) is 2.89. The van der Waals surface area contributed by atoms with E-state index in [9.17, 15) is 13.2 Å². The molecule has 0 bridgehead atoms. The number of alkyl halides is 3. The fraction of sp³-hybridized carbons (Fsp3) is 0.263. The number of hydrogen-bond donors (Lipinski definition) is 1. The summed E-state index contributed by atoms with van der Waals surface area (Å²) in [7, 11) is 1.01. The Hall–Kier alpha value is -2.67. The van der Waals surface area contributed by atoms with Gasteiger partial charge < -0.3 is 4.74 Å². The highest BCUT2D eigenvalue weighted by Crippen LogP contribution is 2.45. The maximum absolute atomic E-state index is 14.0. The van der Waals surface area contributed by atoms with Gasteiger partial charge >= 0.3 is 6.18 Å². The van der Waals surface area contributed by atoms with Gasteiger partial charge in [0.1, 0.15) is 5.82 Å². The fourth-order valence-electron chi connectivity index (χ4n) is 2.89. The van der Waals surface area contributed by atoms with Crippen LogP contribution in [-0.2, 0) is 23.2 Å². The molecular formula is C19H18F3N3O. The maximum atomic E-state index is 14.0. The van der Waals surface area contributed by atoms with Crippen LogP contribution < -0.4 is 0 Å². The molecule has 0 saturated carbocycles. The highest BCUT2D eigenvalue weighted by atomic mass is 19.4. The molecule has 7 heteroatoms. The van der Waals surface area contributed by atoms with Crippen LogP contribution >= 0.6 is 0 Å². The molecule has 4 nitrogen and oxygen atoms in total. The number of rotatable bonds is 6. The van der Waals surface area contributed by atoms with Gasteiger partial charge in [-0.05, 0) is 12.0 Å². The summed E-state index contributed by atoms with van der Waals surface area (Å²) in [5.74, 6) is -0.0628. The standard InChI is InChI=1S/C19H18F3N3O/c1-26-18(19(20,21)22,15-10-6-3-7-11-15)17-23-16(24-25-17)13-12-14-8-4-2-5-9-14/h2-11H,12-13H2,1H3,(H,23,24,25). The molecule has 3 aromatic rings. The number of benzene rings is 2. The zero-order valence-electron chi connectivity index (χ0n) is 14.1. The summed E-state index contributed by atoms with van der Waals surface area (Å²) >= 11 is 0. The van der Waals surface area contributed by atoms with Crippen LogP contribution in [0.1, 0.15) is 22.8 Å². The quantitative estimate of drug-likeness (QED) is 0.721. The minimum atomic E-state index is -4.72. The highest BCUT2D eigenvalue weighted by Gasteiger charge is 2.61. The van der Waals surface area contributed by atoms with Crippen molar-refractivity contribution in [2.45, 2.75) is 24.6 Å². The van der Waals surface area contributed by atoms with Crippen molar-refractivity contribution < 1.29 is 17.9 Å². The van der Waals surface area contributed by atoms with Crippen LogP contribution in [-0.4, -0.2) is 28.5 Å². The minimum absolute atomic E-state index is 0.0661. The van der Waals surface area contributed by atoms with E-state index >= 15 is 0 Å². The topological polar surface area (TPSA) is 50.8 Å². The summed E-state index contributed by atoms with van der Waals surface area (Å²) in [6.45, 7) is 0. The van der Waals surface area contributed by atoms with Gasteiger partial charge in [0.25, 0.3) is 0 Å². The summed E-state index contributed by atoms with van der Waals surface area (Å²) in [5, 5.41) is 6.45. The van der Waals surface area contributed by atoms with Crippen LogP contribution in [0.2, 0.25) is 0 Å². The summed E-state index contributed by atoms with van der Waals surface area (Å²) in [4.78, 5) is 4.10. The van der Waals surface area contributed by atoms with Crippen molar-refractivity contribution in [3.8, 4) is 0 Å². The summed E-state index contributed by atoms with van der Waals surface area (Å²) < 4.78 is 46.9. The van der Waals surface area contributed by atoms with Gasteiger partial charge in [-0.3, -0.25) is 5.10 Å². The van der Waals surface area contributed by atoms with Crippen LogP contribution in [0.3, 0.4) is 0 Å². The molecule has 1 unspecified atom stereocenters. The highest BCUT2D eigenvalue weighted by molar-refractivity contribution is 5.32. The molecule has 1 atom stereocenters. The van der Waals surface area contributed by atoms with E-state index in [1.165, 1.54) is 24.3 Å². The Bertz CT molecular complexity index is 834. The van der Waals surface area contributed by atoms with Crippen molar-refractivity contribution in [2.75, 3.05) is 7.11 Å². The van der Waals surface area contributed by atoms with Gasteiger partial charge in [0.2, 0.25) is 5.60 Å². The lowest BCUT2D eigenvalue weighted by Crippen LogP contribution is -2.46. The monoisotopic (exact) mass is 361 g/mol. The number of nitrogens with zero attached hydrogens (tertiary/aromatic N) is 2. The summed E-state index contributed by atoms with van der Waals surface area (Å²) in [5.41, 5.74) is -1.71. The molecule has 1 aromatic heterocycles. The predicted octanol–water partition coefficient (Wildman–Crippen LogP) is 4.04. The molecule has 0 aliphatic heterocycles. The van der Waals surface area contributed by atoms with Crippen molar-refractivity contribution >= 4 is 0 Å². The molecule has 26 heavy (non-hydrogen) atoms. The van der Waals surface area contributed by atoms with Gasteiger partial charge in [0, 0.05) is 19.1 Å². The van der Waals surface area contributed by atoms with Gasteiger partial charge in [-0.2, -0.15) is 18.3 Å². The first-order valence-electron chi connectivity index (χ1n) is 8.10. The number of halogens is 3. The number of aryl methyl sites for hydroxylation is 2. The molecule has 1 N–H and O–H groups in total. The molecule has 3 rings (SSSR count). The minimum Gasteiger partial charge on any atom is -0.358 e. The van der Waals surface area contributed by atoms with Gasteiger partial charge in [0.05, 0.1) is 0 Å². The predicted molar refractivity (Wildman–Crippen MR) is 90.5 cm³/mol. The van der Waals surface area contributed by atoms with Crippen LogP contribution in [0.4, 0.5) is 13.2 Å². The Balaban J connectivity index is 1.92. The molecule has 2 aromatic carbocycles.